The van der Waals surface area contributed by atoms with Gasteiger partial charge in [0.05, 0.1) is 11.8 Å². The summed E-state index contributed by atoms with van der Waals surface area (Å²) in [5.41, 5.74) is 4.65. The SMILES string of the molecule is C[C@@H]1CN(C(=O)C(CNC(=O)OCC2c3ccccc3-c3ccccc32)C2CCC2)C[C@H]1C(=O)O. The van der Waals surface area contributed by atoms with Crippen molar-refractivity contribution in [2.45, 2.75) is 32.1 Å². The monoisotopic (exact) mass is 476 g/mol. The van der Waals surface area contributed by atoms with E-state index in [9.17, 15) is 19.5 Å². The lowest BCUT2D eigenvalue weighted by molar-refractivity contribution is -0.142. The molecule has 0 bridgehead atoms. The predicted molar refractivity (Wildman–Crippen MR) is 131 cm³/mol. The van der Waals surface area contributed by atoms with Crippen molar-refractivity contribution in [1.82, 2.24) is 10.2 Å². The molecule has 0 radical (unpaired) electrons. The Morgan fingerprint density at radius 3 is 2.20 bits per heavy atom. The zero-order valence-corrected chi connectivity index (χ0v) is 20.0. The van der Waals surface area contributed by atoms with E-state index in [2.05, 4.69) is 29.6 Å². The Bertz CT molecular complexity index is 1080. The first kappa shape index (κ1) is 23.4. The van der Waals surface area contributed by atoms with Crippen molar-refractivity contribution in [3.63, 3.8) is 0 Å². The number of fused-ring (bicyclic) bond motifs is 3. The molecule has 1 heterocycles. The molecule has 5 rings (SSSR count). The van der Waals surface area contributed by atoms with Gasteiger partial charge in [0, 0.05) is 25.6 Å². The van der Waals surface area contributed by atoms with E-state index < -0.39 is 18.0 Å². The minimum atomic E-state index is -0.857. The maximum Gasteiger partial charge on any atom is 0.407 e. The number of benzene rings is 2. The molecule has 3 aliphatic rings. The lowest BCUT2D eigenvalue weighted by Gasteiger charge is -2.35. The van der Waals surface area contributed by atoms with Crippen LogP contribution in [0.5, 0.6) is 0 Å². The lowest BCUT2D eigenvalue weighted by Crippen LogP contribution is -2.46. The molecule has 1 aliphatic heterocycles. The summed E-state index contributed by atoms with van der Waals surface area (Å²) in [5, 5.41) is 12.3. The molecule has 184 valence electrons. The summed E-state index contributed by atoms with van der Waals surface area (Å²) >= 11 is 0. The smallest absolute Gasteiger partial charge is 0.407 e. The first-order chi connectivity index (χ1) is 16.9. The van der Waals surface area contributed by atoms with Crippen molar-refractivity contribution >= 4 is 18.0 Å². The van der Waals surface area contributed by atoms with Gasteiger partial charge in [0.1, 0.15) is 6.61 Å². The quantitative estimate of drug-likeness (QED) is 0.627. The number of hydrogen-bond acceptors (Lipinski definition) is 4. The number of hydrogen-bond donors (Lipinski definition) is 2. The van der Waals surface area contributed by atoms with Crippen molar-refractivity contribution in [1.29, 1.82) is 0 Å². The fourth-order valence-electron chi connectivity index (χ4n) is 5.84. The molecule has 3 atom stereocenters. The molecular weight excluding hydrogens is 444 g/mol. The molecule has 7 nitrogen and oxygen atoms in total. The summed E-state index contributed by atoms with van der Waals surface area (Å²) in [7, 11) is 0. The summed E-state index contributed by atoms with van der Waals surface area (Å²) in [6.45, 7) is 3.00. The fourth-order valence-corrected chi connectivity index (χ4v) is 5.84. The minimum absolute atomic E-state index is 0.0174. The number of ether oxygens (including phenoxy) is 1. The molecule has 1 unspecified atom stereocenters. The van der Waals surface area contributed by atoms with Crippen LogP contribution in [0.3, 0.4) is 0 Å². The number of aliphatic carboxylic acids is 1. The molecular formula is C28H32N2O5. The number of carboxylic acid groups (broad SMARTS) is 1. The Hall–Kier alpha value is -3.35. The van der Waals surface area contributed by atoms with Gasteiger partial charge < -0.3 is 20.1 Å². The molecule has 2 aliphatic carbocycles. The zero-order valence-electron chi connectivity index (χ0n) is 20.0. The third-order valence-corrected chi connectivity index (χ3v) is 8.09. The average Bonchev–Trinajstić information content (AvgIpc) is 3.37. The van der Waals surface area contributed by atoms with Crippen LogP contribution in [0.25, 0.3) is 11.1 Å². The fraction of sp³-hybridized carbons (Fsp3) is 0.464. The lowest BCUT2D eigenvalue weighted by atomic mass is 9.75. The van der Waals surface area contributed by atoms with Crippen LogP contribution in [0.2, 0.25) is 0 Å². The summed E-state index contributed by atoms with van der Waals surface area (Å²) in [4.78, 5) is 39.1. The van der Waals surface area contributed by atoms with E-state index in [1.807, 2.05) is 31.2 Å². The van der Waals surface area contributed by atoms with Gasteiger partial charge in [-0.05, 0) is 46.9 Å². The summed E-state index contributed by atoms with van der Waals surface area (Å²) in [6.07, 6.45) is 2.46. The Morgan fingerprint density at radius 1 is 1.03 bits per heavy atom. The number of carboxylic acids is 1. The number of carbonyl (C=O) groups excluding carboxylic acids is 2. The van der Waals surface area contributed by atoms with Crippen LogP contribution in [0.4, 0.5) is 4.79 Å². The number of amides is 2. The normalized spacial score (nSPS) is 22.1. The highest BCUT2D eigenvalue weighted by Crippen LogP contribution is 2.44. The molecule has 2 fully saturated rings. The van der Waals surface area contributed by atoms with Crippen molar-refractivity contribution in [3.8, 4) is 11.1 Å². The van der Waals surface area contributed by atoms with Crippen molar-refractivity contribution in [2.24, 2.45) is 23.7 Å². The first-order valence-electron chi connectivity index (χ1n) is 12.5. The van der Waals surface area contributed by atoms with Gasteiger partial charge in [-0.1, -0.05) is 61.9 Å². The van der Waals surface area contributed by atoms with Gasteiger partial charge in [-0.2, -0.15) is 0 Å². The van der Waals surface area contributed by atoms with Gasteiger partial charge in [-0.15, -0.1) is 0 Å². The van der Waals surface area contributed by atoms with Crippen molar-refractivity contribution in [3.05, 3.63) is 59.7 Å². The number of nitrogens with zero attached hydrogens (tertiary/aromatic N) is 1. The molecule has 1 saturated heterocycles. The van der Waals surface area contributed by atoms with E-state index in [1.54, 1.807) is 4.90 Å². The Balaban J connectivity index is 1.20. The van der Waals surface area contributed by atoms with Crippen LogP contribution in [0, 0.1) is 23.7 Å². The van der Waals surface area contributed by atoms with Crippen LogP contribution in [0.15, 0.2) is 48.5 Å². The Kier molecular flexibility index (Phi) is 6.50. The molecule has 2 aromatic carbocycles. The molecule has 0 aromatic heterocycles. The highest BCUT2D eigenvalue weighted by molar-refractivity contribution is 5.82. The van der Waals surface area contributed by atoms with Gasteiger partial charge in [0.25, 0.3) is 0 Å². The van der Waals surface area contributed by atoms with Gasteiger partial charge in [0.15, 0.2) is 0 Å². The van der Waals surface area contributed by atoms with Gasteiger partial charge in [-0.3, -0.25) is 9.59 Å². The van der Waals surface area contributed by atoms with Crippen LogP contribution in [-0.4, -0.2) is 54.2 Å². The molecule has 1 saturated carbocycles. The second-order valence-corrected chi connectivity index (χ2v) is 10.2. The van der Waals surface area contributed by atoms with Crippen LogP contribution in [0.1, 0.15) is 43.2 Å². The Labute approximate surface area is 205 Å². The van der Waals surface area contributed by atoms with Crippen molar-refractivity contribution < 1.29 is 24.2 Å². The van der Waals surface area contributed by atoms with Crippen LogP contribution in [-0.2, 0) is 14.3 Å². The van der Waals surface area contributed by atoms with E-state index in [0.717, 1.165) is 30.4 Å². The highest BCUT2D eigenvalue weighted by Gasteiger charge is 2.42. The van der Waals surface area contributed by atoms with Crippen LogP contribution < -0.4 is 5.32 Å². The maximum absolute atomic E-state index is 13.3. The standard InChI is InChI=1S/C28H32N2O5/c1-17-14-30(15-24(17)27(32)33)26(31)23(18-7-6-8-18)13-29-28(34)35-16-25-21-11-4-2-9-19(21)20-10-3-5-12-22(20)25/h2-5,9-12,17-18,23-25H,6-8,13-16H2,1H3,(H,29,34)(H,32,33)/t17-,23?,24-/m1/s1. The summed E-state index contributed by atoms with van der Waals surface area (Å²) < 4.78 is 5.64. The zero-order chi connectivity index (χ0) is 24.5. The largest absolute Gasteiger partial charge is 0.481 e. The van der Waals surface area contributed by atoms with E-state index >= 15 is 0 Å². The first-order valence-corrected chi connectivity index (χ1v) is 12.5. The Morgan fingerprint density at radius 2 is 1.66 bits per heavy atom. The minimum Gasteiger partial charge on any atom is -0.481 e. The number of likely N-dealkylation sites (tertiary alicyclic amines) is 1. The molecule has 35 heavy (non-hydrogen) atoms. The highest BCUT2D eigenvalue weighted by atomic mass is 16.5. The number of carbonyl (C=O) groups is 3. The number of rotatable bonds is 7. The van der Waals surface area contributed by atoms with Crippen LogP contribution >= 0.6 is 0 Å². The average molecular weight is 477 g/mol. The number of nitrogens with one attached hydrogen (secondary N) is 1. The van der Waals surface area contributed by atoms with Gasteiger partial charge in [-0.25, -0.2) is 4.79 Å². The molecule has 0 spiro atoms. The van der Waals surface area contributed by atoms with Gasteiger partial charge >= 0.3 is 12.1 Å². The molecule has 2 amide bonds. The van der Waals surface area contributed by atoms with Gasteiger partial charge in [0.2, 0.25) is 5.91 Å². The molecule has 2 N–H and O–H groups in total. The third kappa shape index (κ3) is 4.51. The van der Waals surface area contributed by atoms with Crippen molar-refractivity contribution in [2.75, 3.05) is 26.2 Å². The third-order valence-electron chi connectivity index (χ3n) is 8.09. The van der Waals surface area contributed by atoms with E-state index in [0.29, 0.717) is 6.54 Å². The molecule has 2 aromatic rings. The second-order valence-electron chi connectivity index (χ2n) is 10.2. The second kappa shape index (κ2) is 9.72. The summed E-state index contributed by atoms with van der Waals surface area (Å²) in [6, 6.07) is 16.4. The summed E-state index contributed by atoms with van der Waals surface area (Å²) in [5.74, 6) is -1.66. The molecule has 7 heteroatoms. The maximum atomic E-state index is 13.3. The number of alkyl carbamates (subject to hydrolysis) is 1. The van der Waals surface area contributed by atoms with E-state index in [4.69, 9.17) is 4.74 Å². The predicted octanol–water partition coefficient (Wildman–Crippen LogP) is 4.12. The van der Waals surface area contributed by atoms with E-state index in [-0.39, 0.29) is 49.3 Å². The topological polar surface area (TPSA) is 95.9 Å². The van der Waals surface area contributed by atoms with E-state index in [1.165, 1.54) is 11.1 Å².